The molecule has 0 unspecified atom stereocenters. The van der Waals surface area contributed by atoms with Crippen molar-refractivity contribution >= 4 is 44.0 Å². The Kier molecular flexibility index (Phi) is 6.11. The Hall–Kier alpha value is -2.33. The molecule has 1 aliphatic rings. The fraction of sp³-hybridized carbons (Fsp3) is 0.238. The third-order valence-electron chi connectivity index (χ3n) is 5.02. The molecule has 0 saturated carbocycles. The van der Waals surface area contributed by atoms with E-state index in [9.17, 15) is 17.6 Å². The molecule has 0 bridgehead atoms. The molecular formula is C21H19ClFN3O3S2. The van der Waals surface area contributed by atoms with Gasteiger partial charge in [0.05, 0.1) is 21.2 Å². The number of amides is 1. The van der Waals surface area contributed by atoms with Crippen LogP contribution >= 0.6 is 22.9 Å². The average Bonchev–Trinajstić information content (AvgIpc) is 3.39. The molecular weight excluding hydrogens is 461 g/mol. The number of nitrogens with zero attached hydrogens (tertiary/aromatic N) is 2. The molecule has 1 fully saturated rings. The van der Waals surface area contributed by atoms with Gasteiger partial charge in [-0.1, -0.05) is 11.6 Å². The fourth-order valence-electron chi connectivity index (χ4n) is 3.41. The summed E-state index contributed by atoms with van der Waals surface area (Å²) in [6.45, 7) is 2.79. The standard InChI is InChI=1S/C21H19ClFN3O3S2/c1-13-19(14-4-6-15(23)7-5-14)24-21(30-13)25-20(27)17-12-16(8-9-18(17)22)31(28,29)26-10-2-3-11-26/h4-9,12H,2-3,10-11H2,1H3,(H,24,25,27). The summed E-state index contributed by atoms with van der Waals surface area (Å²) in [7, 11) is -3.68. The fourth-order valence-corrected chi connectivity index (χ4v) is 5.98. The minimum Gasteiger partial charge on any atom is -0.298 e. The quantitative estimate of drug-likeness (QED) is 0.561. The van der Waals surface area contributed by atoms with Crippen LogP contribution in [0.3, 0.4) is 0 Å². The van der Waals surface area contributed by atoms with Crippen LogP contribution in [0.1, 0.15) is 28.1 Å². The molecule has 31 heavy (non-hydrogen) atoms. The van der Waals surface area contributed by atoms with Gasteiger partial charge in [-0.2, -0.15) is 4.31 Å². The molecule has 2 aromatic carbocycles. The molecule has 0 atom stereocenters. The van der Waals surface area contributed by atoms with Crippen molar-refractivity contribution in [3.05, 3.63) is 63.7 Å². The van der Waals surface area contributed by atoms with E-state index in [1.165, 1.54) is 46.0 Å². The van der Waals surface area contributed by atoms with E-state index < -0.39 is 15.9 Å². The van der Waals surface area contributed by atoms with Crippen molar-refractivity contribution in [2.24, 2.45) is 0 Å². The molecule has 1 amide bonds. The second kappa shape index (κ2) is 8.66. The predicted molar refractivity (Wildman–Crippen MR) is 120 cm³/mol. The van der Waals surface area contributed by atoms with E-state index >= 15 is 0 Å². The van der Waals surface area contributed by atoms with Crippen LogP contribution in [0.5, 0.6) is 0 Å². The summed E-state index contributed by atoms with van der Waals surface area (Å²) in [6.07, 6.45) is 1.64. The van der Waals surface area contributed by atoms with Gasteiger partial charge in [0.2, 0.25) is 10.0 Å². The van der Waals surface area contributed by atoms with Crippen molar-refractivity contribution in [3.63, 3.8) is 0 Å². The van der Waals surface area contributed by atoms with Gasteiger partial charge in [0.15, 0.2) is 5.13 Å². The van der Waals surface area contributed by atoms with Gasteiger partial charge in [-0.15, -0.1) is 11.3 Å². The molecule has 0 aliphatic carbocycles. The number of aryl methyl sites for hydroxylation is 1. The number of aromatic nitrogens is 1. The third-order valence-corrected chi connectivity index (χ3v) is 8.13. The number of hydrogen-bond acceptors (Lipinski definition) is 5. The average molecular weight is 480 g/mol. The molecule has 2 heterocycles. The van der Waals surface area contributed by atoms with Crippen LogP contribution in [0, 0.1) is 12.7 Å². The smallest absolute Gasteiger partial charge is 0.259 e. The molecule has 1 saturated heterocycles. The highest BCUT2D eigenvalue weighted by atomic mass is 35.5. The van der Waals surface area contributed by atoms with Crippen molar-refractivity contribution in [3.8, 4) is 11.3 Å². The van der Waals surface area contributed by atoms with E-state index in [1.54, 1.807) is 12.1 Å². The summed E-state index contributed by atoms with van der Waals surface area (Å²) in [5.74, 6) is -0.897. The van der Waals surface area contributed by atoms with Crippen molar-refractivity contribution in [2.75, 3.05) is 18.4 Å². The van der Waals surface area contributed by atoms with Crippen molar-refractivity contribution in [1.29, 1.82) is 0 Å². The number of nitrogens with one attached hydrogen (secondary N) is 1. The second-order valence-electron chi connectivity index (χ2n) is 7.14. The van der Waals surface area contributed by atoms with E-state index in [0.717, 1.165) is 23.3 Å². The van der Waals surface area contributed by atoms with Gasteiger partial charge < -0.3 is 0 Å². The molecule has 3 aromatic rings. The number of hydrogen-bond donors (Lipinski definition) is 1. The lowest BCUT2D eigenvalue weighted by Gasteiger charge is -2.16. The first kappa shape index (κ1) is 21.9. The molecule has 4 rings (SSSR count). The van der Waals surface area contributed by atoms with Crippen LogP contribution < -0.4 is 5.32 Å². The second-order valence-corrected chi connectivity index (χ2v) is 10.7. The van der Waals surface area contributed by atoms with E-state index in [0.29, 0.717) is 23.9 Å². The maximum Gasteiger partial charge on any atom is 0.259 e. The van der Waals surface area contributed by atoms with Gasteiger partial charge in [0.25, 0.3) is 5.91 Å². The van der Waals surface area contributed by atoms with Crippen LogP contribution in [0.25, 0.3) is 11.3 Å². The summed E-state index contributed by atoms with van der Waals surface area (Å²) < 4.78 is 40.2. The normalized spacial score (nSPS) is 14.7. The number of thiazole rings is 1. The Morgan fingerprint density at radius 2 is 1.84 bits per heavy atom. The summed E-state index contributed by atoms with van der Waals surface area (Å²) in [5, 5.41) is 3.17. The maximum atomic E-state index is 13.2. The third kappa shape index (κ3) is 4.50. The Morgan fingerprint density at radius 3 is 2.52 bits per heavy atom. The first-order chi connectivity index (χ1) is 14.8. The first-order valence-electron chi connectivity index (χ1n) is 9.60. The van der Waals surface area contributed by atoms with E-state index in [2.05, 4.69) is 10.3 Å². The minimum atomic E-state index is -3.68. The number of benzene rings is 2. The van der Waals surface area contributed by atoms with Gasteiger partial charge >= 0.3 is 0 Å². The lowest BCUT2D eigenvalue weighted by Crippen LogP contribution is -2.28. The largest absolute Gasteiger partial charge is 0.298 e. The highest BCUT2D eigenvalue weighted by Crippen LogP contribution is 2.31. The summed E-state index contributed by atoms with van der Waals surface area (Å²) in [4.78, 5) is 18.2. The van der Waals surface area contributed by atoms with Crippen molar-refractivity contribution in [1.82, 2.24) is 9.29 Å². The Labute approximate surface area is 188 Å². The van der Waals surface area contributed by atoms with Crippen LogP contribution in [0.4, 0.5) is 9.52 Å². The van der Waals surface area contributed by atoms with E-state index in [1.807, 2.05) is 6.92 Å². The number of halogens is 2. The lowest BCUT2D eigenvalue weighted by molar-refractivity contribution is 0.102. The molecule has 0 radical (unpaired) electrons. The molecule has 0 spiro atoms. The number of carbonyl (C=O) groups is 1. The van der Waals surface area contributed by atoms with Gasteiger partial charge in [0.1, 0.15) is 5.82 Å². The zero-order chi connectivity index (χ0) is 22.2. The minimum absolute atomic E-state index is 0.0336. The molecule has 162 valence electrons. The van der Waals surface area contributed by atoms with Crippen molar-refractivity contribution < 1.29 is 17.6 Å². The Bertz CT molecular complexity index is 1240. The highest BCUT2D eigenvalue weighted by molar-refractivity contribution is 7.89. The lowest BCUT2D eigenvalue weighted by atomic mass is 10.1. The van der Waals surface area contributed by atoms with Gasteiger partial charge in [-0.25, -0.2) is 17.8 Å². The van der Waals surface area contributed by atoms with Crippen LogP contribution in [-0.4, -0.2) is 36.7 Å². The van der Waals surface area contributed by atoms with Crippen LogP contribution in [0.15, 0.2) is 47.4 Å². The number of anilines is 1. The molecule has 6 nitrogen and oxygen atoms in total. The number of rotatable bonds is 5. The van der Waals surface area contributed by atoms with Crippen molar-refractivity contribution in [2.45, 2.75) is 24.7 Å². The number of carbonyl (C=O) groups excluding carboxylic acids is 1. The molecule has 1 N–H and O–H groups in total. The van der Waals surface area contributed by atoms with Gasteiger partial charge in [-0.3, -0.25) is 10.1 Å². The number of sulfonamides is 1. The SMILES string of the molecule is Cc1sc(NC(=O)c2cc(S(=O)(=O)N3CCCC3)ccc2Cl)nc1-c1ccc(F)cc1. The molecule has 10 heteroatoms. The van der Waals surface area contributed by atoms with E-state index in [4.69, 9.17) is 11.6 Å². The zero-order valence-electron chi connectivity index (χ0n) is 16.6. The summed E-state index contributed by atoms with van der Waals surface area (Å²) in [6, 6.07) is 10.0. The Morgan fingerprint density at radius 1 is 1.16 bits per heavy atom. The summed E-state index contributed by atoms with van der Waals surface area (Å²) >= 11 is 7.46. The van der Waals surface area contributed by atoms with Crippen LogP contribution in [-0.2, 0) is 10.0 Å². The highest BCUT2D eigenvalue weighted by Gasteiger charge is 2.28. The molecule has 1 aliphatic heterocycles. The van der Waals surface area contributed by atoms with E-state index in [-0.39, 0.29) is 21.3 Å². The first-order valence-corrected chi connectivity index (χ1v) is 12.2. The predicted octanol–water partition coefficient (Wildman–Crippen LogP) is 4.95. The monoisotopic (exact) mass is 479 g/mol. The summed E-state index contributed by atoms with van der Waals surface area (Å²) in [5.41, 5.74) is 1.42. The Balaban J connectivity index is 1.59. The van der Waals surface area contributed by atoms with Crippen LogP contribution in [0.2, 0.25) is 5.02 Å². The van der Waals surface area contributed by atoms with Gasteiger partial charge in [-0.05, 0) is 62.2 Å². The zero-order valence-corrected chi connectivity index (χ0v) is 19.0. The maximum absolute atomic E-state index is 13.2. The molecule has 1 aromatic heterocycles. The topological polar surface area (TPSA) is 79.4 Å². The van der Waals surface area contributed by atoms with Gasteiger partial charge in [0, 0.05) is 23.5 Å².